The molecule has 0 spiro atoms. The Morgan fingerprint density at radius 1 is 1.11 bits per heavy atom. The molecule has 0 saturated carbocycles. The first-order valence-corrected chi connectivity index (χ1v) is 6.10. The van der Waals surface area contributed by atoms with E-state index < -0.39 is 6.10 Å². The lowest BCUT2D eigenvalue weighted by atomic mass is 9.97. The second kappa shape index (κ2) is 6.01. The van der Waals surface area contributed by atoms with Gasteiger partial charge in [0.2, 0.25) is 0 Å². The average Bonchev–Trinajstić information content (AvgIpc) is 2.40. The molecule has 0 aliphatic heterocycles. The van der Waals surface area contributed by atoms with Crippen LogP contribution in [0.4, 0.5) is 0 Å². The van der Waals surface area contributed by atoms with Crippen molar-refractivity contribution >= 4 is 11.6 Å². The van der Waals surface area contributed by atoms with Gasteiger partial charge in [-0.25, -0.2) is 0 Å². The van der Waals surface area contributed by atoms with Crippen molar-refractivity contribution < 1.29 is 9.84 Å². The molecule has 0 aliphatic carbocycles. The number of halogens is 1. The third-order valence-electron chi connectivity index (χ3n) is 2.84. The largest absolute Gasteiger partial charge is 0.384 e. The molecular formula is C15H15ClO2. The molecule has 94 valence electrons. The Bertz CT molecular complexity index is 508. The Labute approximate surface area is 112 Å². The molecule has 0 bridgehead atoms. The lowest BCUT2D eigenvalue weighted by Crippen LogP contribution is -2.04. The van der Waals surface area contributed by atoms with Gasteiger partial charge in [-0.2, -0.15) is 0 Å². The number of aliphatic hydroxyl groups excluding tert-OH is 1. The second-order valence-corrected chi connectivity index (χ2v) is 4.52. The molecule has 2 nitrogen and oxygen atoms in total. The highest BCUT2D eigenvalue weighted by Crippen LogP contribution is 2.26. The zero-order valence-electron chi connectivity index (χ0n) is 10.1. The number of methoxy groups -OCH3 is 1. The molecule has 0 fully saturated rings. The van der Waals surface area contributed by atoms with Gasteiger partial charge in [-0.05, 0) is 28.8 Å². The van der Waals surface area contributed by atoms with Crippen molar-refractivity contribution in [1.82, 2.24) is 0 Å². The Morgan fingerprint density at radius 2 is 1.78 bits per heavy atom. The minimum atomic E-state index is -0.659. The van der Waals surface area contributed by atoms with E-state index in [-0.39, 0.29) is 0 Å². The van der Waals surface area contributed by atoms with Crippen molar-refractivity contribution in [3.05, 3.63) is 70.2 Å². The van der Waals surface area contributed by atoms with Gasteiger partial charge in [0.1, 0.15) is 6.10 Å². The molecule has 3 heteroatoms. The van der Waals surface area contributed by atoms with Crippen LogP contribution < -0.4 is 0 Å². The van der Waals surface area contributed by atoms with E-state index in [2.05, 4.69) is 0 Å². The van der Waals surface area contributed by atoms with Crippen molar-refractivity contribution in [2.75, 3.05) is 7.11 Å². The van der Waals surface area contributed by atoms with Crippen molar-refractivity contribution in [3.8, 4) is 0 Å². The molecule has 0 heterocycles. The summed E-state index contributed by atoms with van der Waals surface area (Å²) in [6.45, 7) is 0.487. The zero-order chi connectivity index (χ0) is 13.0. The quantitative estimate of drug-likeness (QED) is 0.913. The minimum absolute atomic E-state index is 0.487. The van der Waals surface area contributed by atoms with Crippen LogP contribution in [-0.2, 0) is 11.3 Å². The van der Waals surface area contributed by atoms with Gasteiger partial charge in [-0.3, -0.25) is 0 Å². The summed E-state index contributed by atoms with van der Waals surface area (Å²) in [4.78, 5) is 0. The molecule has 18 heavy (non-hydrogen) atoms. The molecule has 0 aromatic heterocycles. The lowest BCUT2D eigenvalue weighted by molar-refractivity contribution is 0.176. The molecule has 0 amide bonds. The SMILES string of the molecule is COCc1ccccc1C(O)c1ccc(Cl)cc1. The number of hydrogen-bond donors (Lipinski definition) is 1. The fourth-order valence-corrected chi connectivity index (χ4v) is 2.04. The second-order valence-electron chi connectivity index (χ2n) is 4.09. The number of benzene rings is 2. The summed E-state index contributed by atoms with van der Waals surface area (Å²) >= 11 is 5.84. The third kappa shape index (κ3) is 2.91. The van der Waals surface area contributed by atoms with Gasteiger partial charge >= 0.3 is 0 Å². The predicted molar refractivity (Wildman–Crippen MR) is 72.7 cm³/mol. The van der Waals surface area contributed by atoms with Gasteiger partial charge in [0.15, 0.2) is 0 Å². The maximum atomic E-state index is 10.4. The van der Waals surface area contributed by atoms with Crippen molar-refractivity contribution in [1.29, 1.82) is 0 Å². The summed E-state index contributed by atoms with van der Waals surface area (Å²) in [7, 11) is 1.64. The summed E-state index contributed by atoms with van der Waals surface area (Å²) in [6, 6.07) is 14.9. The number of ether oxygens (including phenoxy) is 1. The number of aliphatic hydroxyl groups is 1. The summed E-state index contributed by atoms with van der Waals surface area (Å²) in [5.41, 5.74) is 2.67. The molecule has 2 rings (SSSR count). The van der Waals surface area contributed by atoms with Crippen molar-refractivity contribution in [2.24, 2.45) is 0 Å². The highest BCUT2D eigenvalue weighted by Gasteiger charge is 2.13. The van der Waals surface area contributed by atoms with E-state index in [1.54, 1.807) is 19.2 Å². The summed E-state index contributed by atoms with van der Waals surface area (Å²) in [5.74, 6) is 0. The molecule has 1 N–H and O–H groups in total. The van der Waals surface area contributed by atoms with E-state index in [0.717, 1.165) is 16.7 Å². The van der Waals surface area contributed by atoms with Crippen LogP contribution in [0.25, 0.3) is 0 Å². The summed E-state index contributed by atoms with van der Waals surface area (Å²) in [5, 5.41) is 11.1. The standard InChI is InChI=1S/C15H15ClO2/c1-18-10-12-4-2-3-5-14(12)15(17)11-6-8-13(16)9-7-11/h2-9,15,17H,10H2,1H3. The number of rotatable bonds is 4. The highest BCUT2D eigenvalue weighted by molar-refractivity contribution is 6.30. The molecule has 0 radical (unpaired) electrons. The first-order chi connectivity index (χ1) is 8.72. The van der Waals surface area contributed by atoms with Gasteiger partial charge in [-0.1, -0.05) is 48.0 Å². The van der Waals surface area contributed by atoms with Crippen LogP contribution in [0.5, 0.6) is 0 Å². The summed E-state index contributed by atoms with van der Waals surface area (Å²) in [6.07, 6.45) is -0.659. The molecule has 0 saturated heterocycles. The van der Waals surface area contributed by atoms with Crippen molar-refractivity contribution in [2.45, 2.75) is 12.7 Å². The van der Waals surface area contributed by atoms with Crippen molar-refractivity contribution in [3.63, 3.8) is 0 Å². The monoisotopic (exact) mass is 262 g/mol. The first kappa shape index (κ1) is 13.1. The van der Waals surface area contributed by atoms with Crippen LogP contribution in [0.2, 0.25) is 5.02 Å². The van der Waals surface area contributed by atoms with E-state index in [0.29, 0.717) is 11.6 Å². The Hall–Kier alpha value is -1.35. The Balaban J connectivity index is 2.33. The fourth-order valence-electron chi connectivity index (χ4n) is 1.91. The van der Waals surface area contributed by atoms with Crippen LogP contribution in [-0.4, -0.2) is 12.2 Å². The third-order valence-corrected chi connectivity index (χ3v) is 3.09. The predicted octanol–water partition coefficient (Wildman–Crippen LogP) is 3.57. The first-order valence-electron chi connectivity index (χ1n) is 5.72. The van der Waals surface area contributed by atoms with Crippen LogP contribution in [0.1, 0.15) is 22.8 Å². The van der Waals surface area contributed by atoms with E-state index in [9.17, 15) is 5.11 Å². The van der Waals surface area contributed by atoms with Gasteiger partial charge in [0.25, 0.3) is 0 Å². The molecule has 1 atom stereocenters. The maximum absolute atomic E-state index is 10.4. The van der Waals surface area contributed by atoms with E-state index in [1.807, 2.05) is 36.4 Å². The van der Waals surface area contributed by atoms with E-state index >= 15 is 0 Å². The van der Waals surface area contributed by atoms with Gasteiger partial charge in [-0.15, -0.1) is 0 Å². The molecule has 1 unspecified atom stereocenters. The lowest BCUT2D eigenvalue weighted by Gasteiger charge is -2.15. The van der Waals surface area contributed by atoms with Gasteiger partial charge < -0.3 is 9.84 Å². The van der Waals surface area contributed by atoms with E-state index in [4.69, 9.17) is 16.3 Å². The van der Waals surface area contributed by atoms with Crippen LogP contribution in [0.15, 0.2) is 48.5 Å². The normalized spacial score (nSPS) is 12.4. The minimum Gasteiger partial charge on any atom is -0.384 e. The maximum Gasteiger partial charge on any atom is 0.104 e. The van der Waals surface area contributed by atoms with Gasteiger partial charge in [0, 0.05) is 12.1 Å². The smallest absolute Gasteiger partial charge is 0.104 e. The molecule has 2 aromatic rings. The zero-order valence-corrected chi connectivity index (χ0v) is 10.9. The highest BCUT2D eigenvalue weighted by atomic mass is 35.5. The van der Waals surface area contributed by atoms with Gasteiger partial charge in [0.05, 0.1) is 6.61 Å². The molecule has 2 aromatic carbocycles. The average molecular weight is 263 g/mol. The summed E-state index contributed by atoms with van der Waals surface area (Å²) < 4.78 is 5.14. The Morgan fingerprint density at radius 3 is 2.44 bits per heavy atom. The number of hydrogen-bond acceptors (Lipinski definition) is 2. The molecule has 0 aliphatic rings. The topological polar surface area (TPSA) is 29.5 Å². The van der Waals surface area contributed by atoms with Crippen LogP contribution in [0, 0.1) is 0 Å². The fraction of sp³-hybridized carbons (Fsp3) is 0.200. The Kier molecular flexibility index (Phi) is 4.37. The van der Waals surface area contributed by atoms with Crippen LogP contribution in [0.3, 0.4) is 0 Å². The molecular weight excluding hydrogens is 248 g/mol. The van der Waals surface area contributed by atoms with Crippen LogP contribution >= 0.6 is 11.6 Å². The van der Waals surface area contributed by atoms with E-state index in [1.165, 1.54) is 0 Å².